The predicted molar refractivity (Wildman–Crippen MR) is 115 cm³/mol. The molecule has 2 unspecified atom stereocenters. The minimum absolute atomic E-state index is 0.00658. The van der Waals surface area contributed by atoms with Gasteiger partial charge in [-0.1, -0.05) is 18.2 Å². The van der Waals surface area contributed by atoms with Crippen molar-refractivity contribution in [1.29, 1.82) is 0 Å². The number of carbonyl (C=O) groups excluding carboxylic acids is 1. The summed E-state index contributed by atoms with van der Waals surface area (Å²) in [5.74, 6) is 0.475. The summed E-state index contributed by atoms with van der Waals surface area (Å²) in [4.78, 5) is 21.9. The number of hydrogen-bond donors (Lipinski definition) is 1. The van der Waals surface area contributed by atoms with E-state index in [2.05, 4.69) is 9.71 Å². The van der Waals surface area contributed by atoms with Gasteiger partial charge in [-0.3, -0.25) is 9.52 Å². The normalized spacial score (nSPS) is 22.0. The Kier molecular flexibility index (Phi) is 6.71. The quantitative estimate of drug-likeness (QED) is 0.692. The Hall–Kier alpha value is -2.26. The Morgan fingerprint density at radius 1 is 1.06 bits per heavy atom. The van der Waals surface area contributed by atoms with Crippen LogP contribution >= 0.6 is 11.9 Å². The lowest BCUT2D eigenvalue weighted by Crippen LogP contribution is -2.50. The second-order valence-corrected chi connectivity index (χ2v) is 8.86. The number of carbonyl (C=O) groups is 1. The molecule has 0 radical (unpaired) electrons. The Bertz CT molecular complexity index is 888. The van der Waals surface area contributed by atoms with Gasteiger partial charge in [-0.2, -0.15) is 13.2 Å². The fraction of sp³-hybridized carbons (Fsp3) is 0.455. The first-order valence-electron chi connectivity index (χ1n) is 10.4. The van der Waals surface area contributed by atoms with Crippen molar-refractivity contribution in [3.8, 4) is 0 Å². The van der Waals surface area contributed by atoms with Crippen molar-refractivity contribution in [2.24, 2.45) is 5.92 Å². The van der Waals surface area contributed by atoms with Crippen molar-refractivity contribution < 1.29 is 18.0 Å². The van der Waals surface area contributed by atoms with Crippen molar-refractivity contribution >= 4 is 23.7 Å². The molecule has 0 bridgehead atoms. The summed E-state index contributed by atoms with van der Waals surface area (Å²) in [6.45, 7) is 1.98. The first-order valence-corrected chi connectivity index (χ1v) is 11.3. The number of hydrogen-bond acceptors (Lipinski definition) is 5. The number of rotatable bonds is 5. The molecule has 9 heteroatoms. The van der Waals surface area contributed by atoms with Crippen molar-refractivity contribution in [2.75, 3.05) is 31.1 Å². The van der Waals surface area contributed by atoms with Gasteiger partial charge in [0.1, 0.15) is 5.82 Å². The zero-order valence-corrected chi connectivity index (χ0v) is 17.8. The van der Waals surface area contributed by atoms with Gasteiger partial charge in [0, 0.05) is 49.2 Å². The topological polar surface area (TPSA) is 48.5 Å². The molecule has 166 valence electrons. The van der Waals surface area contributed by atoms with Gasteiger partial charge in [-0.25, -0.2) is 4.98 Å². The van der Waals surface area contributed by atoms with E-state index in [1.807, 2.05) is 40.1 Å². The summed E-state index contributed by atoms with van der Waals surface area (Å²) in [7, 11) is 0. The molecule has 0 spiro atoms. The molecule has 2 aliphatic rings. The van der Waals surface area contributed by atoms with Crippen molar-refractivity contribution in [3.63, 3.8) is 0 Å². The number of aromatic nitrogens is 1. The van der Waals surface area contributed by atoms with Gasteiger partial charge < -0.3 is 9.80 Å². The molecule has 4 rings (SSSR count). The van der Waals surface area contributed by atoms with E-state index in [1.54, 1.807) is 11.9 Å². The highest BCUT2D eigenvalue weighted by atomic mass is 32.2. The Morgan fingerprint density at radius 3 is 2.52 bits per heavy atom. The average molecular weight is 451 g/mol. The van der Waals surface area contributed by atoms with Gasteiger partial charge >= 0.3 is 6.18 Å². The molecule has 1 amide bonds. The van der Waals surface area contributed by atoms with E-state index in [1.165, 1.54) is 6.20 Å². The molecule has 2 atom stereocenters. The number of nitrogens with one attached hydrogen (secondary N) is 1. The van der Waals surface area contributed by atoms with Crippen molar-refractivity contribution in [3.05, 3.63) is 54.2 Å². The van der Waals surface area contributed by atoms with E-state index in [4.69, 9.17) is 0 Å². The molecule has 1 saturated carbocycles. The van der Waals surface area contributed by atoms with Crippen LogP contribution in [0.2, 0.25) is 0 Å². The highest BCUT2D eigenvalue weighted by Crippen LogP contribution is 2.32. The van der Waals surface area contributed by atoms with E-state index in [-0.39, 0.29) is 11.8 Å². The van der Waals surface area contributed by atoms with Crippen LogP contribution in [0.15, 0.2) is 53.6 Å². The lowest BCUT2D eigenvalue weighted by atomic mass is 10.1. The van der Waals surface area contributed by atoms with Gasteiger partial charge in [0.15, 0.2) is 0 Å². The number of nitrogens with zero attached hydrogens (tertiary/aromatic N) is 3. The van der Waals surface area contributed by atoms with Crippen LogP contribution < -0.4 is 9.62 Å². The SMILES string of the molecule is O=C(C1CCC(NSc2ccccc2)C1)N1CCN(c2cc(C(F)(F)F)ccn2)CC1. The maximum Gasteiger partial charge on any atom is 0.416 e. The van der Waals surface area contributed by atoms with Crippen LogP contribution in [0.4, 0.5) is 19.0 Å². The van der Waals surface area contributed by atoms with Gasteiger partial charge in [-0.15, -0.1) is 0 Å². The number of anilines is 1. The van der Waals surface area contributed by atoms with Crippen LogP contribution in [0.25, 0.3) is 0 Å². The Balaban J connectivity index is 1.26. The summed E-state index contributed by atoms with van der Waals surface area (Å²) >= 11 is 1.60. The average Bonchev–Trinajstić information content (AvgIpc) is 3.27. The first-order chi connectivity index (χ1) is 14.9. The molecular formula is C22H25F3N4OS. The van der Waals surface area contributed by atoms with Crippen LogP contribution in [0.3, 0.4) is 0 Å². The van der Waals surface area contributed by atoms with Crippen LogP contribution in [-0.4, -0.2) is 48.0 Å². The van der Waals surface area contributed by atoms with Crippen molar-refractivity contribution in [1.82, 2.24) is 14.6 Å². The highest BCUT2D eigenvalue weighted by molar-refractivity contribution is 7.97. The predicted octanol–water partition coefficient (Wildman–Crippen LogP) is 4.21. The maximum atomic E-state index is 13.0. The Morgan fingerprint density at radius 2 is 1.81 bits per heavy atom. The Labute approximate surface area is 184 Å². The monoisotopic (exact) mass is 450 g/mol. The molecule has 1 aliphatic heterocycles. The molecule has 5 nitrogen and oxygen atoms in total. The summed E-state index contributed by atoms with van der Waals surface area (Å²) in [5, 5.41) is 0. The standard InChI is InChI=1S/C22H25F3N4OS/c23-22(24,25)17-8-9-26-20(15-17)28-10-12-29(13-11-28)21(30)16-6-7-18(14-16)27-31-19-4-2-1-3-5-19/h1-5,8-9,15-16,18,27H,6-7,10-14H2. The largest absolute Gasteiger partial charge is 0.416 e. The molecular weight excluding hydrogens is 425 g/mol. The first kappa shape index (κ1) is 22.0. The zero-order chi connectivity index (χ0) is 21.8. The maximum absolute atomic E-state index is 13.0. The molecule has 1 aromatic heterocycles. The third kappa shape index (κ3) is 5.51. The minimum atomic E-state index is -4.39. The number of amides is 1. The van der Waals surface area contributed by atoms with Gasteiger partial charge in [0.05, 0.1) is 5.56 Å². The molecule has 1 N–H and O–H groups in total. The molecule has 2 fully saturated rings. The molecule has 1 saturated heterocycles. The fourth-order valence-electron chi connectivity index (χ4n) is 4.13. The summed E-state index contributed by atoms with van der Waals surface area (Å²) in [6, 6.07) is 12.4. The van der Waals surface area contributed by atoms with Crippen molar-refractivity contribution in [2.45, 2.75) is 36.4 Å². The van der Waals surface area contributed by atoms with E-state index in [9.17, 15) is 18.0 Å². The molecule has 1 aromatic carbocycles. The lowest BCUT2D eigenvalue weighted by Gasteiger charge is -2.36. The summed E-state index contributed by atoms with van der Waals surface area (Å²) in [6.07, 6.45) is -0.560. The molecule has 1 aliphatic carbocycles. The number of pyridine rings is 1. The summed E-state index contributed by atoms with van der Waals surface area (Å²) < 4.78 is 42.3. The molecule has 31 heavy (non-hydrogen) atoms. The van der Waals surface area contributed by atoms with Gasteiger partial charge in [0.25, 0.3) is 0 Å². The lowest BCUT2D eigenvalue weighted by molar-refractivity contribution is -0.137. The zero-order valence-electron chi connectivity index (χ0n) is 17.0. The van der Waals surface area contributed by atoms with Crippen LogP contribution in [0.1, 0.15) is 24.8 Å². The fourth-order valence-corrected chi connectivity index (χ4v) is 4.94. The van der Waals surface area contributed by atoms with Crippen LogP contribution in [-0.2, 0) is 11.0 Å². The van der Waals surface area contributed by atoms with Gasteiger partial charge in [-0.05, 0) is 55.5 Å². The molecule has 2 heterocycles. The third-order valence-corrected chi connectivity index (χ3v) is 6.82. The highest BCUT2D eigenvalue weighted by Gasteiger charge is 2.35. The number of benzene rings is 1. The minimum Gasteiger partial charge on any atom is -0.353 e. The number of alkyl halides is 3. The second kappa shape index (κ2) is 9.48. The smallest absolute Gasteiger partial charge is 0.353 e. The number of halogens is 3. The second-order valence-electron chi connectivity index (χ2n) is 7.95. The molecule has 2 aromatic rings. The van der Waals surface area contributed by atoms with Gasteiger partial charge in [0.2, 0.25) is 5.91 Å². The number of piperazine rings is 1. The van der Waals surface area contributed by atoms with E-state index in [0.29, 0.717) is 38.0 Å². The van der Waals surface area contributed by atoms with Crippen LogP contribution in [0, 0.1) is 5.92 Å². The third-order valence-electron chi connectivity index (χ3n) is 5.86. The van der Waals surface area contributed by atoms with E-state index < -0.39 is 11.7 Å². The van der Waals surface area contributed by atoms with E-state index >= 15 is 0 Å². The summed E-state index contributed by atoms with van der Waals surface area (Å²) in [5.41, 5.74) is -0.700. The van der Waals surface area contributed by atoms with E-state index in [0.717, 1.165) is 36.3 Å². The van der Waals surface area contributed by atoms with Crippen LogP contribution in [0.5, 0.6) is 0 Å².